The predicted molar refractivity (Wildman–Crippen MR) is 109 cm³/mol. The fourth-order valence-corrected chi connectivity index (χ4v) is 4.20. The second-order valence-corrected chi connectivity index (χ2v) is 10.4. The first kappa shape index (κ1) is 20.3. The van der Waals surface area contributed by atoms with Crippen molar-refractivity contribution in [1.82, 2.24) is 14.3 Å². The number of aryl methyl sites for hydroxylation is 1. The molecular formula is C20H29N3O3S. The van der Waals surface area contributed by atoms with Gasteiger partial charge in [-0.25, -0.2) is 4.98 Å². The Hall–Kier alpha value is -1.41. The van der Waals surface area contributed by atoms with Gasteiger partial charge in [0.05, 0.1) is 23.6 Å². The summed E-state index contributed by atoms with van der Waals surface area (Å²) in [5.41, 5.74) is 2.54. The van der Waals surface area contributed by atoms with E-state index in [1.54, 1.807) is 11.6 Å². The molecule has 2 aromatic rings. The Morgan fingerprint density at radius 3 is 2.70 bits per heavy atom. The number of nitrogens with zero attached hydrogens (tertiary/aromatic N) is 2. The minimum absolute atomic E-state index is 0.0454. The van der Waals surface area contributed by atoms with Crippen molar-refractivity contribution in [1.29, 1.82) is 0 Å². The highest BCUT2D eigenvalue weighted by molar-refractivity contribution is 7.90. The van der Waals surface area contributed by atoms with Crippen LogP contribution in [0.25, 0.3) is 10.9 Å². The first-order valence-electron chi connectivity index (χ1n) is 9.36. The number of ether oxygens (including phenoxy) is 1. The predicted octanol–water partition coefficient (Wildman–Crippen LogP) is 2.86. The molecular weight excluding hydrogens is 362 g/mol. The second kappa shape index (κ2) is 7.54. The first-order chi connectivity index (χ1) is 12.6. The molecule has 0 amide bonds. The normalized spacial score (nSPS) is 20.2. The largest absolute Gasteiger partial charge is 0.598 e. The van der Waals surface area contributed by atoms with Crippen LogP contribution in [0.1, 0.15) is 63.0 Å². The molecule has 1 saturated heterocycles. The number of rotatable bonds is 4. The lowest BCUT2D eigenvalue weighted by molar-refractivity contribution is 0.192. The van der Waals surface area contributed by atoms with Crippen LogP contribution >= 0.6 is 0 Å². The molecule has 0 bridgehead atoms. The summed E-state index contributed by atoms with van der Waals surface area (Å²) in [6.45, 7) is 11.0. The molecule has 1 N–H and O–H groups in total. The van der Waals surface area contributed by atoms with Crippen molar-refractivity contribution in [3.8, 4) is 0 Å². The van der Waals surface area contributed by atoms with Gasteiger partial charge in [0.25, 0.3) is 5.56 Å². The highest BCUT2D eigenvalue weighted by Crippen LogP contribution is 2.28. The fraction of sp³-hybridized carbons (Fsp3) is 0.600. The van der Waals surface area contributed by atoms with E-state index in [9.17, 15) is 9.35 Å². The number of benzene rings is 1. The van der Waals surface area contributed by atoms with Gasteiger partial charge in [-0.05, 0) is 52.7 Å². The van der Waals surface area contributed by atoms with Crippen LogP contribution in [-0.4, -0.2) is 32.1 Å². The zero-order valence-electron chi connectivity index (χ0n) is 17.0. The molecule has 6 nitrogen and oxygen atoms in total. The lowest BCUT2D eigenvalue weighted by Gasteiger charge is -2.27. The highest BCUT2D eigenvalue weighted by atomic mass is 32.2. The van der Waals surface area contributed by atoms with Gasteiger partial charge in [-0.2, -0.15) is 0 Å². The van der Waals surface area contributed by atoms with Crippen LogP contribution in [0.4, 0.5) is 0 Å². The third-order valence-corrected chi connectivity index (χ3v) is 6.67. The molecule has 148 valence electrons. The molecule has 1 fully saturated rings. The summed E-state index contributed by atoms with van der Waals surface area (Å²) >= 11 is -1.22. The number of aromatic nitrogens is 2. The average molecular weight is 392 g/mol. The molecule has 1 aromatic heterocycles. The Balaban J connectivity index is 2.13. The van der Waals surface area contributed by atoms with Crippen molar-refractivity contribution in [3.63, 3.8) is 0 Å². The highest BCUT2D eigenvalue weighted by Gasteiger charge is 2.30. The van der Waals surface area contributed by atoms with Gasteiger partial charge in [0.1, 0.15) is 10.6 Å². The molecule has 0 saturated carbocycles. The fourth-order valence-electron chi connectivity index (χ4n) is 3.40. The number of nitrogens with one attached hydrogen (secondary N) is 1. The van der Waals surface area contributed by atoms with E-state index >= 15 is 0 Å². The maximum absolute atomic E-state index is 13.0. The van der Waals surface area contributed by atoms with Gasteiger partial charge in [0.2, 0.25) is 0 Å². The van der Waals surface area contributed by atoms with E-state index in [4.69, 9.17) is 9.72 Å². The number of hydrogen-bond acceptors (Lipinski definition) is 5. The average Bonchev–Trinajstić information content (AvgIpc) is 3.11. The van der Waals surface area contributed by atoms with Gasteiger partial charge in [-0.15, -0.1) is 4.72 Å². The molecule has 7 heteroatoms. The summed E-state index contributed by atoms with van der Waals surface area (Å²) in [6.07, 6.45) is 0.870. The van der Waals surface area contributed by atoms with Crippen LogP contribution in [0.3, 0.4) is 0 Å². The zero-order chi connectivity index (χ0) is 19.9. The van der Waals surface area contributed by atoms with E-state index in [0.29, 0.717) is 24.1 Å². The third kappa shape index (κ3) is 4.06. The smallest absolute Gasteiger partial charge is 0.261 e. The summed E-state index contributed by atoms with van der Waals surface area (Å²) in [4.78, 5) is 17.9. The van der Waals surface area contributed by atoms with Crippen LogP contribution in [-0.2, 0) is 23.1 Å². The van der Waals surface area contributed by atoms with Gasteiger partial charge in [0, 0.05) is 36.5 Å². The van der Waals surface area contributed by atoms with Gasteiger partial charge in [-0.1, -0.05) is 6.07 Å². The van der Waals surface area contributed by atoms with Crippen LogP contribution in [0.15, 0.2) is 16.9 Å². The standard InChI is InChI=1S/C20H29N3O3S/c1-12-9-15(13(2)22-27(25)20(3,4)5)17-16(10-12)19(24)23(6)18(21-17)14-7-8-26-11-14/h9-10,13-14,22H,7-8,11H2,1-6H3/t13-,14?,27?/m1/s1. The minimum Gasteiger partial charge on any atom is -0.598 e. The van der Waals surface area contributed by atoms with Gasteiger partial charge < -0.3 is 9.29 Å². The summed E-state index contributed by atoms with van der Waals surface area (Å²) in [6, 6.07) is 3.72. The number of fused-ring (bicyclic) bond motifs is 1. The minimum atomic E-state index is -1.22. The van der Waals surface area contributed by atoms with E-state index in [-0.39, 0.29) is 22.3 Å². The third-order valence-electron chi connectivity index (χ3n) is 4.99. The lowest BCUT2D eigenvalue weighted by atomic mass is 10.0. The maximum atomic E-state index is 13.0. The summed E-state index contributed by atoms with van der Waals surface area (Å²) in [7, 11) is 1.78. The Morgan fingerprint density at radius 2 is 2.11 bits per heavy atom. The van der Waals surface area contributed by atoms with Crippen LogP contribution in [0, 0.1) is 6.92 Å². The molecule has 1 aliphatic heterocycles. The first-order valence-corrected chi connectivity index (χ1v) is 10.5. The second-order valence-electron chi connectivity index (χ2n) is 8.37. The Morgan fingerprint density at radius 1 is 1.41 bits per heavy atom. The molecule has 3 atom stereocenters. The summed E-state index contributed by atoms with van der Waals surface area (Å²) in [5, 5.41) is 0.602. The maximum Gasteiger partial charge on any atom is 0.261 e. The topological polar surface area (TPSA) is 79.2 Å². The summed E-state index contributed by atoms with van der Waals surface area (Å²) < 4.78 is 22.5. The van der Waals surface area contributed by atoms with Crippen LogP contribution in [0.5, 0.6) is 0 Å². The molecule has 3 rings (SSSR count). The van der Waals surface area contributed by atoms with Crippen molar-refractivity contribution in [2.24, 2.45) is 7.05 Å². The Kier molecular flexibility index (Phi) is 5.68. The van der Waals surface area contributed by atoms with E-state index < -0.39 is 11.4 Å². The molecule has 0 aliphatic carbocycles. The van der Waals surface area contributed by atoms with Crippen molar-refractivity contribution in [3.05, 3.63) is 39.4 Å². The molecule has 0 radical (unpaired) electrons. The molecule has 1 aliphatic rings. The van der Waals surface area contributed by atoms with E-state index in [2.05, 4.69) is 4.72 Å². The number of hydrogen-bond donors (Lipinski definition) is 1. The molecule has 27 heavy (non-hydrogen) atoms. The summed E-state index contributed by atoms with van der Waals surface area (Å²) in [5.74, 6) is 0.896. The molecule has 1 aromatic carbocycles. The van der Waals surface area contributed by atoms with Crippen molar-refractivity contribution >= 4 is 22.3 Å². The molecule has 0 spiro atoms. The molecule has 2 unspecified atom stereocenters. The Labute approximate surface area is 163 Å². The van der Waals surface area contributed by atoms with E-state index in [1.165, 1.54) is 0 Å². The van der Waals surface area contributed by atoms with Gasteiger partial charge in [-0.3, -0.25) is 9.36 Å². The van der Waals surface area contributed by atoms with E-state index in [1.807, 2.05) is 46.8 Å². The zero-order valence-corrected chi connectivity index (χ0v) is 17.8. The van der Waals surface area contributed by atoms with Crippen LogP contribution in [0.2, 0.25) is 0 Å². The van der Waals surface area contributed by atoms with Crippen molar-refractivity contribution in [2.45, 2.75) is 57.7 Å². The lowest BCUT2D eigenvalue weighted by Crippen LogP contribution is -2.40. The quantitative estimate of drug-likeness (QED) is 0.811. The molecule has 2 heterocycles. The van der Waals surface area contributed by atoms with Crippen molar-refractivity contribution < 1.29 is 9.29 Å². The van der Waals surface area contributed by atoms with E-state index in [0.717, 1.165) is 23.4 Å². The Bertz CT molecular complexity index is 898. The monoisotopic (exact) mass is 391 g/mol. The SMILES string of the molecule is Cc1cc([C@@H](C)N[S+]([O-])C(C)(C)C)c2nc(C3CCOC3)n(C)c(=O)c2c1. The van der Waals surface area contributed by atoms with Crippen molar-refractivity contribution in [2.75, 3.05) is 13.2 Å². The van der Waals surface area contributed by atoms with Crippen LogP contribution < -0.4 is 10.3 Å². The van der Waals surface area contributed by atoms with Gasteiger partial charge >= 0.3 is 0 Å². The van der Waals surface area contributed by atoms with Gasteiger partial charge in [0.15, 0.2) is 0 Å².